The third kappa shape index (κ3) is 5.67. The maximum atomic E-state index is 12.7. The molecule has 0 saturated carbocycles. The number of hydrogen-bond acceptors (Lipinski definition) is 5. The summed E-state index contributed by atoms with van der Waals surface area (Å²) in [5.74, 6) is 0.132. The van der Waals surface area contributed by atoms with Crippen molar-refractivity contribution in [2.75, 3.05) is 11.9 Å². The topological polar surface area (TPSA) is 64.9 Å². The molecule has 2 aromatic carbocycles. The predicted molar refractivity (Wildman–Crippen MR) is 90.0 cm³/mol. The van der Waals surface area contributed by atoms with Crippen molar-refractivity contribution < 1.29 is 31.1 Å². The van der Waals surface area contributed by atoms with Gasteiger partial charge in [-0.25, -0.2) is 0 Å². The lowest BCUT2D eigenvalue weighted by atomic mass is 10.1. The molecule has 0 bridgehead atoms. The molecule has 12 heteroatoms. The van der Waals surface area contributed by atoms with Gasteiger partial charge in [0.1, 0.15) is 0 Å². The zero-order valence-corrected chi connectivity index (χ0v) is 14.5. The van der Waals surface area contributed by atoms with Crippen LogP contribution in [-0.4, -0.2) is 33.2 Å². The van der Waals surface area contributed by atoms with Crippen LogP contribution in [0.1, 0.15) is 5.56 Å². The van der Waals surface area contributed by atoms with E-state index in [4.69, 9.17) is 0 Å². The lowest BCUT2D eigenvalue weighted by Gasteiger charge is -2.11. The number of benzene rings is 2. The van der Waals surface area contributed by atoms with E-state index in [-0.39, 0.29) is 12.4 Å². The Balaban J connectivity index is 1.74. The molecule has 3 rings (SSSR count). The predicted octanol–water partition coefficient (Wildman–Crippen LogP) is 4.64. The number of halogens is 6. The van der Waals surface area contributed by atoms with Crippen molar-refractivity contribution in [3.8, 4) is 11.4 Å². The van der Waals surface area contributed by atoms with E-state index in [1.54, 1.807) is 24.3 Å². The molecular formula is C17H13F6N5O. The molecule has 0 radical (unpaired) electrons. The number of para-hydroxylation sites is 1. The summed E-state index contributed by atoms with van der Waals surface area (Å²) in [7, 11) is 0. The summed E-state index contributed by atoms with van der Waals surface area (Å²) in [5, 5.41) is 14.5. The normalized spacial score (nSPS) is 12.2. The molecule has 1 aromatic heterocycles. The third-order valence-electron chi connectivity index (χ3n) is 3.67. The fourth-order valence-corrected chi connectivity index (χ4v) is 2.37. The molecule has 0 atom stereocenters. The average Bonchev–Trinajstić information content (AvgIpc) is 3.09. The number of tetrazole rings is 1. The molecule has 154 valence electrons. The Morgan fingerprint density at radius 1 is 0.931 bits per heavy atom. The van der Waals surface area contributed by atoms with Crippen molar-refractivity contribution in [2.45, 2.75) is 19.1 Å². The number of ether oxygens (including phenoxy) is 1. The van der Waals surface area contributed by atoms with Crippen LogP contribution in [0.15, 0.2) is 48.5 Å². The summed E-state index contributed by atoms with van der Waals surface area (Å²) in [6.07, 6.45) is -9.18. The first-order valence-corrected chi connectivity index (χ1v) is 8.14. The molecule has 0 aliphatic carbocycles. The molecule has 0 spiro atoms. The van der Waals surface area contributed by atoms with E-state index < -0.39 is 24.7 Å². The van der Waals surface area contributed by atoms with Gasteiger partial charge in [0, 0.05) is 16.9 Å². The smallest absolute Gasteiger partial charge is 0.355 e. The lowest BCUT2D eigenvalue weighted by Crippen LogP contribution is -2.18. The van der Waals surface area contributed by atoms with Gasteiger partial charge in [0.2, 0.25) is 5.82 Å². The minimum Gasteiger partial charge on any atom is -0.355 e. The Morgan fingerprint density at radius 3 is 2.28 bits per heavy atom. The third-order valence-corrected chi connectivity index (χ3v) is 3.67. The first-order chi connectivity index (χ1) is 13.6. The van der Waals surface area contributed by atoms with Gasteiger partial charge in [-0.3, -0.25) is 4.74 Å². The molecule has 29 heavy (non-hydrogen) atoms. The summed E-state index contributed by atoms with van der Waals surface area (Å²) in [6.45, 7) is -0.939. The average molecular weight is 417 g/mol. The summed E-state index contributed by atoms with van der Waals surface area (Å²) in [5.41, 5.74) is 0.576. The molecule has 1 N–H and O–H groups in total. The van der Waals surface area contributed by atoms with Gasteiger partial charge in [-0.1, -0.05) is 12.1 Å². The van der Waals surface area contributed by atoms with Gasteiger partial charge in [-0.05, 0) is 41.6 Å². The summed E-state index contributed by atoms with van der Waals surface area (Å²) in [4.78, 5) is 0.954. The molecule has 0 aliphatic heterocycles. The van der Waals surface area contributed by atoms with Crippen molar-refractivity contribution in [2.24, 2.45) is 0 Å². The number of alkyl halides is 6. The number of aromatic nitrogens is 4. The van der Waals surface area contributed by atoms with Crippen molar-refractivity contribution in [1.82, 2.24) is 20.2 Å². The van der Waals surface area contributed by atoms with Crippen molar-refractivity contribution in [3.05, 3.63) is 54.1 Å². The Hall–Kier alpha value is -3.15. The SMILES string of the molecule is FC(F)(F)OCCn1nnc(-c2ccccc2Nc2ccc(C(F)(F)F)cc2)n1. The van der Waals surface area contributed by atoms with Crippen molar-refractivity contribution in [1.29, 1.82) is 0 Å². The minimum atomic E-state index is -4.75. The summed E-state index contributed by atoms with van der Waals surface area (Å²) < 4.78 is 77.7. The largest absolute Gasteiger partial charge is 0.522 e. The van der Waals surface area contributed by atoms with Crippen LogP contribution >= 0.6 is 0 Å². The maximum absolute atomic E-state index is 12.7. The Labute approximate surface area is 160 Å². The van der Waals surface area contributed by atoms with Crippen LogP contribution in [0.25, 0.3) is 11.4 Å². The number of nitrogens with one attached hydrogen (secondary N) is 1. The van der Waals surface area contributed by atoms with Gasteiger partial charge in [0.15, 0.2) is 0 Å². The number of rotatable bonds is 6. The lowest BCUT2D eigenvalue weighted by molar-refractivity contribution is -0.325. The highest BCUT2D eigenvalue weighted by molar-refractivity contribution is 5.77. The molecule has 6 nitrogen and oxygen atoms in total. The standard InChI is InChI=1S/C17H13F6N5O/c18-16(19,20)11-5-7-12(8-6-11)24-14-4-2-1-3-13(14)15-25-27-28(26-15)9-10-29-17(21,22)23/h1-8,24H,9-10H2. The van der Waals surface area contributed by atoms with Crippen LogP contribution in [0, 0.1) is 0 Å². The highest BCUT2D eigenvalue weighted by Gasteiger charge is 2.30. The zero-order valence-electron chi connectivity index (χ0n) is 14.5. The van der Waals surface area contributed by atoms with Gasteiger partial charge in [0.25, 0.3) is 0 Å². The van der Waals surface area contributed by atoms with E-state index in [9.17, 15) is 26.3 Å². The fourth-order valence-electron chi connectivity index (χ4n) is 2.37. The van der Waals surface area contributed by atoms with Gasteiger partial charge in [-0.15, -0.1) is 23.4 Å². The van der Waals surface area contributed by atoms with Crippen LogP contribution in [0.3, 0.4) is 0 Å². The van der Waals surface area contributed by atoms with E-state index in [1.165, 1.54) is 12.1 Å². The van der Waals surface area contributed by atoms with Crippen LogP contribution < -0.4 is 5.32 Å². The number of anilines is 2. The molecule has 0 amide bonds. The van der Waals surface area contributed by atoms with E-state index >= 15 is 0 Å². The Morgan fingerprint density at radius 2 is 1.62 bits per heavy atom. The maximum Gasteiger partial charge on any atom is 0.522 e. The van der Waals surface area contributed by atoms with Gasteiger partial charge in [-0.2, -0.15) is 18.0 Å². The zero-order chi connectivity index (χ0) is 21.1. The van der Waals surface area contributed by atoms with E-state index in [0.717, 1.165) is 16.9 Å². The van der Waals surface area contributed by atoms with Crippen LogP contribution in [0.4, 0.5) is 37.7 Å². The van der Waals surface area contributed by atoms with E-state index in [0.29, 0.717) is 16.9 Å². The molecular weight excluding hydrogens is 404 g/mol. The second-order valence-electron chi connectivity index (χ2n) is 5.75. The summed E-state index contributed by atoms with van der Waals surface area (Å²) >= 11 is 0. The number of hydrogen-bond donors (Lipinski definition) is 1. The molecule has 1 heterocycles. The summed E-state index contributed by atoms with van der Waals surface area (Å²) in [6, 6.07) is 11.1. The van der Waals surface area contributed by atoms with Gasteiger partial charge < -0.3 is 5.32 Å². The first kappa shape index (κ1) is 20.6. The van der Waals surface area contributed by atoms with Crippen LogP contribution in [-0.2, 0) is 17.5 Å². The van der Waals surface area contributed by atoms with E-state index in [1.807, 2.05) is 0 Å². The van der Waals surface area contributed by atoms with E-state index in [2.05, 4.69) is 25.5 Å². The van der Waals surface area contributed by atoms with Crippen LogP contribution in [0.5, 0.6) is 0 Å². The monoisotopic (exact) mass is 417 g/mol. The first-order valence-electron chi connectivity index (χ1n) is 8.14. The highest BCUT2D eigenvalue weighted by atomic mass is 19.4. The molecule has 3 aromatic rings. The van der Waals surface area contributed by atoms with Gasteiger partial charge >= 0.3 is 12.5 Å². The van der Waals surface area contributed by atoms with Gasteiger partial charge in [0.05, 0.1) is 18.7 Å². The second kappa shape index (κ2) is 8.07. The molecule has 0 saturated heterocycles. The Bertz CT molecular complexity index is 952. The number of nitrogens with zero attached hydrogens (tertiary/aromatic N) is 4. The Kier molecular flexibility index (Phi) is 5.73. The van der Waals surface area contributed by atoms with Crippen molar-refractivity contribution in [3.63, 3.8) is 0 Å². The van der Waals surface area contributed by atoms with Crippen molar-refractivity contribution >= 4 is 11.4 Å². The van der Waals surface area contributed by atoms with Crippen LogP contribution in [0.2, 0.25) is 0 Å². The highest BCUT2D eigenvalue weighted by Crippen LogP contribution is 2.32. The molecule has 0 aliphatic rings. The minimum absolute atomic E-state index is 0.132. The second-order valence-corrected chi connectivity index (χ2v) is 5.75. The molecule has 0 unspecified atom stereocenters. The fraction of sp³-hybridized carbons (Fsp3) is 0.235. The molecule has 0 fully saturated rings. The quantitative estimate of drug-likeness (QED) is 0.592.